The largest absolute Gasteiger partial charge is 0.355 e. The molecule has 5 nitrogen and oxygen atoms in total. The van der Waals surface area contributed by atoms with Gasteiger partial charge >= 0.3 is 0 Å². The minimum Gasteiger partial charge on any atom is -0.355 e. The molecular formula is C12H22ClN3O2. The van der Waals surface area contributed by atoms with E-state index in [1.165, 1.54) is 6.42 Å². The molecule has 18 heavy (non-hydrogen) atoms. The molecule has 2 amide bonds. The third-order valence-electron chi connectivity index (χ3n) is 3.73. The van der Waals surface area contributed by atoms with Gasteiger partial charge in [0.15, 0.2) is 0 Å². The second-order valence-corrected chi connectivity index (χ2v) is 5.07. The van der Waals surface area contributed by atoms with Crippen LogP contribution in [0.4, 0.5) is 0 Å². The quantitative estimate of drug-likeness (QED) is 0.769. The number of carbonyl (C=O) groups excluding carboxylic acids is 2. The first kappa shape index (κ1) is 15.2. The number of likely N-dealkylation sites (tertiary alicyclic amines) is 1. The molecule has 0 aromatic carbocycles. The number of carbonyl (C=O) groups is 2. The Morgan fingerprint density at radius 3 is 2.89 bits per heavy atom. The third-order valence-corrected chi connectivity index (χ3v) is 3.73. The van der Waals surface area contributed by atoms with Crippen LogP contribution in [0.1, 0.15) is 25.7 Å². The molecule has 2 saturated heterocycles. The fourth-order valence-electron chi connectivity index (χ4n) is 2.77. The van der Waals surface area contributed by atoms with Crippen molar-refractivity contribution in [3.8, 4) is 0 Å². The number of rotatable bonds is 3. The van der Waals surface area contributed by atoms with Crippen LogP contribution in [0.3, 0.4) is 0 Å². The number of halogens is 1. The maximum absolute atomic E-state index is 12.2. The van der Waals surface area contributed by atoms with Crippen molar-refractivity contribution in [2.45, 2.75) is 25.7 Å². The van der Waals surface area contributed by atoms with Crippen molar-refractivity contribution in [2.75, 3.05) is 26.2 Å². The van der Waals surface area contributed by atoms with Gasteiger partial charge in [0, 0.05) is 26.1 Å². The fourth-order valence-corrected chi connectivity index (χ4v) is 2.77. The van der Waals surface area contributed by atoms with Crippen LogP contribution in [-0.4, -0.2) is 42.9 Å². The topological polar surface area (TPSA) is 75.4 Å². The standard InChI is InChI=1S/C12H21N3O2.ClH/c13-4-3-9-2-1-5-15(8-9)12(17)10-6-11(16)14-7-10;/h9-10H,1-8,13H2,(H,14,16);1H. The van der Waals surface area contributed by atoms with E-state index in [1.54, 1.807) is 0 Å². The zero-order chi connectivity index (χ0) is 12.3. The van der Waals surface area contributed by atoms with Crippen LogP contribution in [0, 0.1) is 11.8 Å². The van der Waals surface area contributed by atoms with Crippen LogP contribution in [0.15, 0.2) is 0 Å². The average molecular weight is 276 g/mol. The molecule has 2 heterocycles. The second kappa shape index (κ2) is 6.95. The first-order valence-corrected chi connectivity index (χ1v) is 6.46. The van der Waals surface area contributed by atoms with E-state index in [0.29, 0.717) is 25.4 Å². The lowest BCUT2D eigenvalue weighted by molar-refractivity contribution is -0.137. The molecule has 0 aromatic heterocycles. The molecule has 2 rings (SSSR count). The zero-order valence-electron chi connectivity index (χ0n) is 10.6. The highest BCUT2D eigenvalue weighted by molar-refractivity contribution is 5.89. The number of piperidine rings is 1. The fraction of sp³-hybridized carbons (Fsp3) is 0.833. The molecule has 0 spiro atoms. The molecule has 0 saturated carbocycles. The lowest BCUT2D eigenvalue weighted by Gasteiger charge is -2.34. The number of nitrogens with one attached hydrogen (secondary N) is 1. The van der Waals surface area contributed by atoms with Gasteiger partial charge in [-0.05, 0) is 31.7 Å². The Hall–Kier alpha value is -0.810. The average Bonchev–Trinajstić information content (AvgIpc) is 2.76. The van der Waals surface area contributed by atoms with Gasteiger partial charge in [0.1, 0.15) is 0 Å². The second-order valence-electron chi connectivity index (χ2n) is 5.07. The summed E-state index contributed by atoms with van der Waals surface area (Å²) < 4.78 is 0. The van der Waals surface area contributed by atoms with Crippen molar-refractivity contribution in [3.05, 3.63) is 0 Å². The number of amides is 2. The lowest BCUT2D eigenvalue weighted by atomic mass is 9.93. The Labute approximate surface area is 114 Å². The number of hydrogen-bond acceptors (Lipinski definition) is 3. The van der Waals surface area contributed by atoms with Gasteiger partial charge in [0.2, 0.25) is 11.8 Å². The SMILES string of the molecule is Cl.NCCC1CCCN(C(=O)C2CNC(=O)C2)C1. The summed E-state index contributed by atoms with van der Waals surface area (Å²) in [5, 5.41) is 2.72. The normalized spacial score (nSPS) is 27.6. The summed E-state index contributed by atoms with van der Waals surface area (Å²) in [6.07, 6.45) is 3.58. The van der Waals surface area contributed by atoms with Crippen LogP contribution in [0.5, 0.6) is 0 Å². The van der Waals surface area contributed by atoms with Crippen LogP contribution in [0.2, 0.25) is 0 Å². The van der Waals surface area contributed by atoms with Crippen LogP contribution in [-0.2, 0) is 9.59 Å². The molecule has 6 heteroatoms. The number of nitrogens with zero attached hydrogens (tertiary/aromatic N) is 1. The summed E-state index contributed by atoms with van der Waals surface area (Å²) >= 11 is 0. The van der Waals surface area contributed by atoms with Crippen LogP contribution in [0.25, 0.3) is 0 Å². The molecule has 2 fully saturated rings. The predicted octanol–water partition coefficient (Wildman–Crippen LogP) is 0.132. The molecule has 104 valence electrons. The van der Waals surface area contributed by atoms with Gasteiger partial charge in [0.05, 0.1) is 5.92 Å². The van der Waals surface area contributed by atoms with Crippen LogP contribution < -0.4 is 11.1 Å². The van der Waals surface area contributed by atoms with Gasteiger partial charge in [-0.15, -0.1) is 12.4 Å². The predicted molar refractivity (Wildman–Crippen MR) is 71.3 cm³/mol. The van der Waals surface area contributed by atoms with Gasteiger partial charge < -0.3 is 16.0 Å². The smallest absolute Gasteiger partial charge is 0.227 e. The first-order chi connectivity index (χ1) is 8.20. The summed E-state index contributed by atoms with van der Waals surface area (Å²) in [5.74, 6) is 0.547. The minimum atomic E-state index is -0.140. The van der Waals surface area contributed by atoms with E-state index in [0.717, 1.165) is 25.9 Å². The molecule has 0 aromatic rings. The Morgan fingerprint density at radius 1 is 1.50 bits per heavy atom. The van der Waals surface area contributed by atoms with Gasteiger partial charge in [0.25, 0.3) is 0 Å². The van der Waals surface area contributed by atoms with E-state index in [9.17, 15) is 9.59 Å². The molecular weight excluding hydrogens is 254 g/mol. The molecule has 2 aliphatic heterocycles. The highest BCUT2D eigenvalue weighted by Crippen LogP contribution is 2.22. The molecule has 0 aliphatic carbocycles. The number of nitrogens with two attached hydrogens (primary N) is 1. The van der Waals surface area contributed by atoms with E-state index in [-0.39, 0.29) is 30.1 Å². The van der Waals surface area contributed by atoms with E-state index in [1.807, 2.05) is 4.90 Å². The Balaban J connectivity index is 0.00000162. The zero-order valence-corrected chi connectivity index (χ0v) is 11.4. The van der Waals surface area contributed by atoms with Crippen molar-refractivity contribution >= 4 is 24.2 Å². The Morgan fingerprint density at radius 2 is 2.28 bits per heavy atom. The van der Waals surface area contributed by atoms with E-state index >= 15 is 0 Å². The maximum Gasteiger partial charge on any atom is 0.227 e. The lowest BCUT2D eigenvalue weighted by Crippen LogP contribution is -2.43. The summed E-state index contributed by atoms with van der Waals surface area (Å²) in [6.45, 7) is 2.86. The first-order valence-electron chi connectivity index (χ1n) is 6.46. The van der Waals surface area contributed by atoms with Gasteiger partial charge in [-0.2, -0.15) is 0 Å². The monoisotopic (exact) mass is 275 g/mol. The maximum atomic E-state index is 12.2. The van der Waals surface area contributed by atoms with E-state index in [2.05, 4.69) is 5.32 Å². The summed E-state index contributed by atoms with van der Waals surface area (Å²) in [7, 11) is 0. The van der Waals surface area contributed by atoms with E-state index in [4.69, 9.17) is 5.73 Å². The van der Waals surface area contributed by atoms with E-state index < -0.39 is 0 Å². The van der Waals surface area contributed by atoms with Crippen molar-refractivity contribution in [1.82, 2.24) is 10.2 Å². The van der Waals surface area contributed by atoms with Crippen molar-refractivity contribution in [1.29, 1.82) is 0 Å². The van der Waals surface area contributed by atoms with Crippen LogP contribution >= 0.6 is 12.4 Å². The van der Waals surface area contributed by atoms with Gasteiger partial charge in [-0.3, -0.25) is 9.59 Å². The molecule has 0 radical (unpaired) electrons. The molecule has 3 N–H and O–H groups in total. The van der Waals surface area contributed by atoms with Crippen molar-refractivity contribution in [3.63, 3.8) is 0 Å². The van der Waals surface area contributed by atoms with Gasteiger partial charge in [-0.1, -0.05) is 0 Å². The molecule has 0 bridgehead atoms. The molecule has 2 aliphatic rings. The summed E-state index contributed by atoms with van der Waals surface area (Å²) in [5.41, 5.74) is 5.56. The highest BCUT2D eigenvalue weighted by atomic mass is 35.5. The Bertz CT molecular complexity index is 310. The molecule has 2 unspecified atom stereocenters. The molecule has 2 atom stereocenters. The minimum absolute atomic E-state index is 0. The third kappa shape index (κ3) is 3.59. The Kier molecular flexibility index (Phi) is 5.88. The summed E-state index contributed by atoms with van der Waals surface area (Å²) in [4.78, 5) is 25.2. The van der Waals surface area contributed by atoms with Crippen molar-refractivity contribution < 1.29 is 9.59 Å². The van der Waals surface area contributed by atoms with Crippen molar-refractivity contribution in [2.24, 2.45) is 17.6 Å². The van der Waals surface area contributed by atoms with Gasteiger partial charge in [-0.25, -0.2) is 0 Å². The highest BCUT2D eigenvalue weighted by Gasteiger charge is 2.33. The number of hydrogen-bond donors (Lipinski definition) is 2. The summed E-state index contributed by atoms with van der Waals surface area (Å²) in [6, 6.07) is 0.